The van der Waals surface area contributed by atoms with Crippen molar-refractivity contribution in [2.75, 3.05) is 22.1 Å². The number of nitrogens with one attached hydrogen (secondary N) is 3. The number of carbonyl (C=O) groups is 3. The lowest BCUT2D eigenvalue weighted by Crippen LogP contribution is -2.43. The molecule has 182 valence electrons. The second-order valence-corrected chi connectivity index (χ2v) is 10.5. The highest BCUT2D eigenvalue weighted by Crippen LogP contribution is 2.30. The first kappa shape index (κ1) is 24.4. The number of fused-ring (bicyclic) bond motifs is 1. The number of sulfonamides is 1. The van der Waals surface area contributed by atoms with Crippen molar-refractivity contribution in [3.8, 4) is 0 Å². The Morgan fingerprint density at radius 1 is 1.11 bits per heavy atom. The van der Waals surface area contributed by atoms with E-state index in [1.165, 1.54) is 24.3 Å². The Kier molecular flexibility index (Phi) is 6.85. The van der Waals surface area contributed by atoms with Gasteiger partial charge in [0.15, 0.2) is 0 Å². The first-order valence-corrected chi connectivity index (χ1v) is 13.0. The molecule has 3 aromatic rings. The van der Waals surface area contributed by atoms with Gasteiger partial charge in [0.1, 0.15) is 10.0 Å². The molecule has 12 heteroatoms. The number of thiophene rings is 1. The van der Waals surface area contributed by atoms with Crippen LogP contribution in [-0.4, -0.2) is 32.8 Å². The summed E-state index contributed by atoms with van der Waals surface area (Å²) in [5.74, 6) is -2.18. The van der Waals surface area contributed by atoms with Crippen LogP contribution in [0.1, 0.15) is 29.3 Å². The number of anilines is 3. The number of benzene rings is 2. The van der Waals surface area contributed by atoms with Crippen molar-refractivity contribution in [1.29, 1.82) is 0 Å². The lowest BCUT2D eigenvalue weighted by molar-refractivity contribution is -0.117. The Morgan fingerprint density at radius 3 is 2.57 bits per heavy atom. The van der Waals surface area contributed by atoms with Gasteiger partial charge in [0.05, 0.1) is 12.1 Å². The van der Waals surface area contributed by atoms with E-state index >= 15 is 0 Å². The van der Waals surface area contributed by atoms with Crippen molar-refractivity contribution in [2.45, 2.75) is 24.0 Å². The number of urea groups is 1. The summed E-state index contributed by atoms with van der Waals surface area (Å²) in [5, 5.41) is 6.98. The van der Waals surface area contributed by atoms with Crippen LogP contribution in [0, 0.1) is 5.82 Å². The fourth-order valence-electron chi connectivity index (χ4n) is 3.56. The van der Waals surface area contributed by atoms with E-state index in [1.807, 2.05) is 11.6 Å². The SMILES string of the molecule is CCCNc1ccc2c(c1)CC(=O)N(c1ccc(NC(=O)NS(=O)(=O)c3cccs3)cc1F)C2=O. The molecule has 1 aliphatic heterocycles. The molecule has 2 heterocycles. The molecule has 1 aliphatic rings. The Hall–Kier alpha value is -3.77. The highest BCUT2D eigenvalue weighted by Gasteiger charge is 2.34. The molecule has 0 atom stereocenters. The lowest BCUT2D eigenvalue weighted by atomic mass is 9.97. The van der Waals surface area contributed by atoms with Crippen molar-refractivity contribution in [2.24, 2.45) is 0 Å². The van der Waals surface area contributed by atoms with Gasteiger partial charge in [-0.3, -0.25) is 9.59 Å². The molecule has 2 aromatic carbocycles. The van der Waals surface area contributed by atoms with E-state index in [0.717, 1.165) is 41.0 Å². The maximum atomic E-state index is 14.9. The highest BCUT2D eigenvalue weighted by atomic mass is 32.2. The quantitative estimate of drug-likeness (QED) is 0.409. The maximum absolute atomic E-state index is 14.9. The predicted octanol–water partition coefficient (Wildman–Crippen LogP) is 3.95. The molecule has 3 N–H and O–H groups in total. The van der Waals surface area contributed by atoms with E-state index in [0.29, 0.717) is 11.1 Å². The highest BCUT2D eigenvalue weighted by molar-refractivity contribution is 7.92. The number of amides is 4. The van der Waals surface area contributed by atoms with E-state index in [9.17, 15) is 27.2 Å². The van der Waals surface area contributed by atoms with E-state index in [-0.39, 0.29) is 22.0 Å². The third-order valence-electron chi connectivity index (χ3n) is 5.14. The van der Waals surface area contributed by atoms with Crippen LogP contribution in [0.5, 0.6) is 0 Å². The summed E-state index contributed by atoms with van der Waals surface area (Å²) in [5.41, 5.74) is 1.32. The molecule has 0 unspecified atom stereocenters. The van der Waals surface area contributed by atoms with Crippen LogP contribution >= 0.6 is 11.3 Å². The average molecular weight is 517 g/mol. The van der Waals surface area contributed by atoms with Crippen LogP contribution in [0.15, 0.2) is 58.1 Å². The van der Waals surface area contributed by atoms with Gasteiger partial charge < -0.3 is 10.6 Å². The summed E-state index contributed by atoms with van der Waals surface area (Å²) >= 11 is 0.935. The van der Waals surface area contributed by atoms with Crippen molar-refractivity contribution in [1.82, 2.24) is 4.72 Å². The number of carbonyl (C=O) groups excluding carboxylic acids is 3. The number of hydrogen-bond acceptors (Lipinski definition) is 7. The van der Waals surface area contributed by atoms with Gasteiger partial charge in [0.25, 0.3) is 15.9 Å². The second kappa shape index (κ2) is 9.84. The number of imide groups is 1. The molecule has 4 amide bonds. The largest absolute Gasteiger partial charge is 0.385 e. The molecule has 0 fully saturated rings. The smallest absolute Gasteiger partial charge is 0.333 e. The minimum atomic E-state index is -4.06. The van der Waals surface area contributed by atoms with Crippen LogP contribution < -0.4 is 20.3 Å². The van der Waals surface area contributed by atoms with Crippen molar-refractivity contribution < 1.29 is 27.2 Å². The minimum Gasteiger partial charge on any atom is -0.385 e. The van der Waals surface area contributed by atoms with Crippen molar-refractivity contribution in [3.05, 3.63) is 70.9 Å². The van der Waals surface area contributed by atoms with Crippen LogP contribution in [0.4, 0.5) is 26.2 Å². The Balaban J connectivity index is 1.51. The van der Waals surface area contributed by atoms with E-state index < -0.39 is 33.7 Å². The summed E-state index contributed by atoms with van der Waals surface area (Å²) in [6.45, 7) is 2.77. The van der Waals surface area contributed by atoms with Gasteiger partial charge in [-0.25, -0.2) is 27.2 Å². The Labute approximate surface area is 205 Å². The molecular formula is C23H21FN4O5S2. The molecule has 0 spiro atoms. The van der Waals surface area contributed by atoms with Crippen LogP contribution in [0.25, 0.3) is 0 Å². The van der Waals surface area contributed by atoms with E-state index in [1.54, 1.807) is 23.6 Å². The average Bonchev–Trinajstić information content (AvgIpc) is 3.34. The minimum absolute atomic E-state index is 0.0511. The first-order chi connectivity index (χ1) is 16.7. The van der Waals surface area contributed by atoms with Crippen molar-refractivity contribution >= 4 is 56.3 Å². The molecule has 0 saturated carbocycles. The molecule has 0 radical (unpaired) electrons. The maximum Gasteiger partial charge on any atom is 0.333 e. The zero-order valence-electron chi connectivity index (χ0n) is 18.5. The van der Waals surface area contributed by atoms with Gasteiger partial charge in [0.2, 0.25) is 5.91 Å². The number of rotatable bonds is 7. The molecule has 9 nitrogen and oxygen atoms in total. The summed E-state index contributed by atoms with van der Waals surface area (Å²) in [4.78, 5) is 38.6. The van der Waals surface area contributed by atoms with E-state index in [2.05, 4.69) is 10.6 Å². The zero-order valence-corrected chi connectivity index (χ0v) is 20.1. The molecule has 0 bridgehead atoms. The molecule has 0 saturated heterocycles. The van der Waals surface area contributed by atoms with Gasteiger partial charge in [0, 0.05) is 23.5 Å². The normalized spacial score (nSPS) is 13.4. The van der Waals surface area contributed by atoms with Gasteiger partial charge >= 0.3 is 6.03 Å². The standard InChI is InChI=1S/C23H21FN4O5S2/c1-2-9-25-15-5-7-17-14(11-15)12-20(29)28(22(17)30)19-8-6-16(13-18(19)24)26-23(31)27-35(32,33)21-4-3-10-34-21/h3-8,10-11,13,25H,2,9,12H2,1H3,(H2,26,27,31). The number of halogens is 1. The molecule has 4 rings (SSSR count). The third kappa shape index (κ3) is 5.17. The fraction of sp³-hybridized carbons (Fsp3) is 0.174. The van der Waals surface area contributed by atoms with Crippen LogP contribution in [0.2, 0.25) is 0 Å². The topological polar surface area (TPSA) is 125 Å². The summed E-state index contributed by atoms with van der Waals surface area (Å²) in [6.07, 6.45) is 0.837. The number of hydrogen-bond donors (Lipinski definition) is 3. The second-order valence-electron chi connectivity index (χ2n) is 7.67. The molecular weight excluding hydrogens is 495 g/mol. The summed E-state index contributed by atoms with van der Waals surface area (Å²) in [6, 6.07) is 10.2. The van der Waals surface area contributed by atoms with Crippen LogP contribution in [-0.2, 0) is 21.2 Å². The van der Waals surface area contributed by atoms with Gasteiger partial charge in [-0.05, 0) is 59.8 Å². The predicted molar refractivity (Wildman–Crippen MR) is 131 cm³/mol. The van der Waals surface area contributed by atoms with Crippen LogP contribution in [0.3, 0.4) is 0 Å². The third-order valence-corrected chi connectivity index (χ3v) is 7.87. The fourth-order valence-corrected chi connectivity index (χ4v) is 5.46. The summed E-state index contributed by atoms with van der Waals surface area (Å²) in [7, 11) is -4.06. The zero-order chi connectivity index (χ0) is 25.2. The molecule has 1 aromatic heterocycles. The van der Waals surface area contributed by atoms with Gasteiger partial charge in [-0.1, -0.05) is 13.0 Å². The van der Waals surface area contributed by atoms with Gasteiger partial charge in [-0.2, -0.15) is 0 Å². The first-order valence-electron chi connectivity index (χ1n) is 10.6. The monoisotopic (exact) mass is 516 g/mol. The number of nitrogens with zero attached hydrogens (tertiary/aromatic N) is 1. The molecule has 0 aliphatic carbocycles. The lowest BCUT2D eigenvalue weighted by Gasteiger charge is -2.27. The molecule has 35 heavy (non-hydrogen) atoms. The van der Waals surface area contributed by atoms with Gasteiger partial charge in [-0.15, -0.1) is 11.3 Å². The van der Waals surface area contributed by atoms with Crippen molar-refractivity contribution in [3.63, 3.8) is 0 Å². The van der Waals surface area contributed by atoms with E-state index in [4.69, 9.17) is 0 Å². The Bertz CT molecular complexity index is 1410. The Morgan fingerprint density at radius 2 is 1.89 bits per heavy atom. The summed E-state index contributed by atoms with van der Waals surface area (Å²) < 4.78 is 41.0.